The largest absolute Gasteiger partial charge is 0.495 e. The Morgan fingerprint density at radius 3 is 2.70 bits per heavy atom. The molecule has 3 N–H and O–H groups in total. The van der Waals surface area contributed by atoms with Crippen molar-refractivity contribution in [2.45, 2.75) is 0 Å². The van der Waals surface area contributed by atoms with Crippen molar-refractivity contribution in [1.29, 1.82) is 0 Å². The number of fused-ring (bicyclic) bond motifs is 1. The van der Waals surface area contributed by atoms with Crippen molar-refractivity contribution in [1.82, 2.24) is 4.98 Å². The van der Waals surface area contributed by atoms with Crippen molar-refractivity contribution >= 4 is 38.9 Å². The van der Waals surface area contributed by atoms with Crippen LogP contribution in [0.4, 0.5) is 5.69 Å². The molecule has 0 bridgehead atoms. The Labute approximate surface area is 136 Å². The number of carbonyl (C=O) groups excluding carboxylic acids is 1. The second kappa shape index (κ2) is 6.45. The predicted molar refractivity (Wildman–Crippen MR) is 92.0 cm³/mol. The van der Waals surface area contributed by atoms with Crippen molar-refractivity contribution in [2.24, 2.45) is 10.8 Å². The molecule has 0 spiro atoms. The number of anilines is 1. The van der Waals surface area contributed by atoms with Gasteiger partial charge in [0.05, 0.1) is 23.0 Å². The van der Waals surface area contributed by atoms with E-state index in [1.54, 1.807) is 19.2 Å². The molecule has 23 heavy (non-hydrogen) atoms. The summed E-state index contributed by atoms with van der Waals surface area (Å²) in [4.78, 5) is 16.1. The number of thiazole rings is 1. The van der Waals surface area contributed by atoms with E-state index in [0.717, 1.165) is 10.2 Å². The molecule has 0 aliphatic carbocycles. The van der Waals surface area contributed by atoms with Crippen LogP contribution in [-0.2, 0) is 4.79 Å². The van der Waals surface area contributed by atoms with Crippen molar-refractivity contribution in [3.8, 4) is 5.75 Å². The smallest absolute Gasteiger partial charge is 0.272 e. The molecule has 0 fully saturated rings. The summed E-state index contributed by atoms with van der Waals surface area (Å²) in [6.07, 6.45) is 0. The van der Waals surface area contributed by atoms with Gasteiger partial charge in [-0.15, -0.1) is 11.3 Å². The maximum absolute atomic E-state index is 11.7. The Hall–Kier alpha value is -2.93. The maximum Gasteiger partial charge on any atom is 0.272 e. The normalized spacial score (nSPS) is 11.4. The fourth-order valence-corrected chi connectivity index (χ4v) is 3.00. The molecule has 3 aromatic rings. The van der Waals surface area contributed by atoms with Gasteiger partial charge in [0.2, 0.25) is 0 Å². The zero-order valence-electron chi connectivity index (χ0n) is 12.3. The first-order valence-electron chi connectivity index (χ1n) is 6.81. The van der Waals surface area contributed by atoms with Gasteiger partial charge >= 0.3 is 0 Å². The first-order chi connectivity index (χ1) is 11.2. The molecule has 0 saturated heterocycles. The number of nitrogens with zero attached hydrogens (tertiary/aromatic N) is 2. The molecular weight excluding hydrogens is 312 g/mol. The number of aromatic nitrogens is 1. The molecule has 3 rings (SSSR count). The summed E-state index contributed by atoms with van der Waals surface area (Å²) < 4.78 is 6.20. The van der Waals surface area contributed by atoms with Crippen LogP contribution in [0.15, 0.2) is 53.6 Å². The first kappa shape index (κ1) is 15.0. The third-order valence-electron chi connectivity index (χ3n) is 3.12. The van der Waals surface area contributed by atoms with Crippen molar-refractivity contribution in [3.05, 3.63) is 53.5 Å². The van der Waals surface area contributed by atoms with Gasteiger partial charge in [0.25, 0.3) is 5.91 Å². The first-order valence-corrected chi connectivity index (χ1v) is 7.63. The van der Waals surface area contributed by atoms with E-state index in [-0.39, 0.29) is 5.71 Å². The highest BCUT2D eigenvalue weighted by Gasteiger charge is 2.16. The molecule has 0 radical (unpaired) electrons. The lowest BCUT2D eigenvalue weighted by atomic mass is 10.3. The van der Waals surface area contributed by atoms with Crippen LogP contribution in [0.3, 0.4) is 0 Å². The number of hydrogen-bond acceptors (Lipinski definition) is 6. The molecule has 1 heterocycles. The number of nitrogens with one attached hydrogen (secondary N) is 1. The van der Waals surface area contributed by atoms with Crippen LogP contribution in [0.25, 0.3) is 10.2 Å². The van der Waals surface area contributed by atoms with E-state index in [1.807, 2.05) is 36.4 Å². The van der Waals surface area contributed by atoms with Gasteiger partial charge in [0.1, 0.15) is 5.75 Å². The number of methoxy groups -OCH3 is 1. The van der Waals surface area contributed by atoms with Gasteiger partial charge in [-0.05, 0) is 24.3 Å². The van der Waals surface area contributed by atoms with E-state index >= 15 is 0 Å². The fourth-order valence-electron chi connectivity index (χ4n) is 2.03. The number of rotatable bonds is 5. The quantitative estimate of drug-likeness (QED) is 0.557. The van der Waals surface area contributed by atoms with E-state index in [0.29, 0.717) is 16.4 Å². The number of hydrogen-bond donors (Lipinski definition) is 2. The van der Waals surface area contributed by atoms with Crippen LogP contribution in [0, 0.1) is 0 Å². The Morgan fingerprint density at radius 2 is 1.96 bits per heavy atom. The lowest BCUT2D eigenvalue weighted by molar-refractivity contribution is -0.111. The van der Waals surface area contributed by atoms with E-state index in [1.165, 1.54) is 11.3 Å². The Balaban J connectivity index is 1.96. The lowest BCUT2D eigenvalue weighted by Gasteiger charge is -2.07. The number of amides is 1. The number of nitrogens with two attached hydrogens (primary N) is 1. The van der Waals surface area contributed by atoms with Gasteiger partial charge in [0.15, 0.2) is 10.7 Å². The Bertz CT molecular complexity index is 855. The molecule has 1 amide bonds. The predicted octanol–water partition coefficient (Wildman–Crippen LogP) is 2.61. The highest BCUT2D eigenvalue weighted by molar-refractivity contribution is 7.21. The highest BCUT2D eigenvalue weighted by Crippen LogP contribution is 2.24. The molecular formula is C16H14N4O2S. The van der Waals surface area contributed by atoms with Crippen molar-refractivity contribution in [3.63, 3.8) is 0 Å². The summed E-state index contributed by atoms with van der Waals surface area (Å²) in [6, 6.07) is 14.9. The molecule has 7 heteroatoms. The van der Waals surface area contributed by atoms with Crippen LogP contribution in [0.5, 0.6) is 5.75 Å². The van der Waals surface area contributed by atoms with Crippen LogP contribution in [0.2, 0.25) is 0 Å². The summed E-state index contributed by atoms with van der Waals surface area (Å²) in [5.74, 6) is -0.0316. The van der Waals surface area contributed by atoms with Gasteiger partial charge in [0, 0.05) is 0 Å². The molecule has 0 aliphatic rings. The minimum absolute atomic E-state index is 0.0807. The van der Waals surface area contributed by atoms with E-state index < -0.39 is 5.91 Å². The van der Waals surface area contributed by atoms with Gasteiger partial charge in [-0.2, -0.15) is 5.10 Å². The second-order valence-corrected chi connectivity index (χ2v) is 5.65. The van der Waals surface area contributed by atoms with Crippen LogP contribution >= 0.6 is 11.3 Å². The van der Waals surface area contributed by atoms with E-state index in [4.69, 9.17) is 10.5 Å². The number of para-hydroxylation sites is 3. The minimum atomic E-state index is -0.647. The standard InChI is InChI=1S/C16H14N4O2S/c1-22-12-8-4-2-6-10(12)19-20-14(15(17)21)16-18-11-7-3-5-9-13(11)23-16/h2-9,19H,1H3,(H2,17,21)/b20-14-. The summed E-state index contributed by atoms with van der Waals surface area (Å²) >= 11 is 1.36. The molecule has 116 valence electrons. The SMILES string of the molecule is COc1ccccc1N/N=C(/C(N)=O)c1nc2ccccc2s1. The number of benzene rings is 2. The Kier molecular flexibility index (Phi) is 4.20. The third-order valence-corrected chi connectivity index (χ3v) is 4.17. The zero-order chi connectivity index (χ0) is 16.2. The number of carbonyl (C=O) groups is 1. The molecule has 0 aliphatic heterocycles. The molecule has 2 aromatic carbocycles. The topological polar surface area (TPSA) is 89.6 Å². The number of primary amides is 1. The summed E-state index contributed by atoms with van der Waals surface area (Å²) in [7, 11) is 1.56. The van der Waals surface area contributed by atoms with Crippen molar-refractivity contribution < 1.29 is 9.53 Å². The maximum atomic E-state index is 11.7. The third kappa shape index (κ3) is 3.14. The second-order valence-electron chi connectivity index (χ2n) is 4.62. The van der Waals surface area contributed by atoms with Gasteiger partial charge in [-0.3, -0.25) is 10.2 Å². The average molecular weight is 326 g/mol. The highest BCUT2D eigenvalue weighted by atomic mass is 32.1. The number of ether oxygens (including phenoxy) is 1. The molecule has 6 nitrogen and oxygen atoms in total. The van der Waals surface area contributed by atoms with Crippen LogP contribution < -0.4 is 15.9 Å². The lowest BCUT2D eigenvalue weighted by Crippen LogP contribution is -2.25. The van der Waals surface area contributed by atoms with Crippen molar-refractivity contribution in [2.75, 3.05) is 12.5 Å². The van der Waals surface area contributed by atoms with Crippen LogP contribution in [-0.4, -0.2) is 23.7 Å². The molecule has 0 saturated carbocycles. The monoisotopic (exact) mass is 326 g/mol. The van der Waals surface area contributed by atoms with Gasteiger partial charge in [-0.1, -0.05) is 24.3 Å². The summed E-state index contributed by atoms with van der Waals surface area (Å²) in [5.41, 5.74) is 9.79. The molecule has 1 aromatic heterocycles. The van der Waals surface area contributed by atoms with Crippen LogP contribution in [0.1, 0.15) is 5.01 Å². The zero-order valence-corrected chi connectivity index (χ0v) is 13.1. The van der Waals surface area contributed by atoms with E-state index in [9.17, 15) is 4.79 Å². The minimum Gasteiger partial charge on any atom is -0.495 e. The molecule has 0 atom stereocenters. The fraction of sp³-hybridized carbons (Fsp3) is 0.0625. The number of hydrazone groups is 1. The van der Waals surface area contributed by atoms with Gasteiger partial charge < -0.3 is 10.5 Å². The summed E-state index contributed by atoms with van der Waals surface area (Å²) in [5, 5.41) is 4.60. The molecule has 0 unspecified atom stereocenters. The summed E-state index contributed by atoms with van der Waals surface area (Å²) in [6.45, 7) is 0. The van der Waals surface area contributed by atoms with Gasteiger partial charge in [-0.25, -0.2) is 4.98 Å². The Morgan fingerprint density at radius 1 is 1.22 bits per heavy atom. The average Bonchev–Trinajstić information content (AvgIpc) is 2.98. The van der Waals surface area contributed by atoms with E-state index in [2.05, 4.69) is 15.5 Å².